The molecule has 0 aromatic heterocycles. The number of nitrogens with zero attached hydrogens (tertiary/aromatic N) is 1. The average Bonchev–Trinajstić information content (AvgIpc) is 2.22. The molecule has 0 amide bonds. The molecular formula is C5H9N3S. The Morgan fingerprint density at radius 2 is 2.56 bits per heavy atom. The molecule has 4 heteroatoms. The van der Waals surface area contributed by atoms with E-state index in [2.05, 4.69) is 10.3 Å². The Morgan fingerprint density at radius 1 is 1.67 bits per heavy atom. The van der Waals surface area contributed by atoms with Gasteiger partial charge in [-0.25, -0.2) is 4.99 Å². The van der Waals surface area contributed by atoms with Crippen LogP contribution >= 0.6 is 11.8 Å². The van der Waals surface area contributed by atoms with E-state index in [1.165, 1.54) is 0 Å². The Labute approximate surface area is 58.1 Å². The van der Waals surface area contributed by atoms with Crippen molar-refractivity contribution in [3.05, 3.63) is 0 Å². The van der Waals surface area contributed by atoms with Gasteiger partial charge in [-0.1, -0.05) is 0 Å². The van der Waals surface area contributed by atoms with Crippen LogP contribution in [0.1, 0.15) is 0 Å². The predicted octanol–water partition coefficient (Wildman–Crippen LogP) is -0.612. The third-order valence-electron chi connectivity index (χ3n) is 1.69. The molecule has 3 N–H and O–H groups in total. The number of nitrogens with two attached hydrogens (primary N) is 1. The van der Waals surface area contributed by atoms with Crippen molar-refractivity contribution in [2.24, 2.45) is 10.7 Å². The van der Waals surface area contributed by atoms with Crippen LogP contribution in [0.25, 0.3) is 0 Å². The molecule has 0 aliphatic carbocycles. The van der Waals surface area contributed by atoms with Crippen LogP contribution in [0.4, 0.5) is 0 Å². The maximum Gasteiger partial charge on any atom is 0.189 e. The van der Waals surface area contributed by atoms with Crippen LogP contribution in [0.2, 0.25) is 0 Å². The van der Waals surface area contributed by atoms with E-state index < -0.39 is 0 Å². The maximum absolute atomic E-state index is 5.45. The lowest BCUT2D eigenvalue weighted by molar-refractivity contribution is 0.638. The van der Waals surface area contributed by atoms with E-state index in [9.17, 15) is 0 Å². The van der Waals surface area contributed by atoms with Crippen molar-refractivity contribution in [3.63, 3.8) is 0 Å². The summed E-state index contributed by atoms with van der Waals surface area (Å²) in [5.74, 6) is 2.93. The van der Waals surface area contributed by atoms with E-state index in [0.29, 0.717) is 18.0 Å². The summed E-state index contributed by atoms with van der Waals surface area (Å²) in [5, 5.41) is 3.12. The van der Waals surface area contributed by atoms with Gasteiger partial charge in [0, 0.05) is 11.5 Å². The smallest absolute Gasteiger partial charge is 0.189 e. The molecule has 9 heavy (non-hydrogen) atoms. The number of rotatable bonds is 0. The van der Waals surface area contributed by atoms with Crippen molar-refractivity contribution in [2.75, 3.05) is 11.5 Å². The molecule has 1 saturated heterocycles. The van der Waals surface area contributed by atoms with Gasteiger partial charge >= 0.3 is 0 Å². The number of hydrogen-bond donors (Lipinski definition) is 2. The molecular weight excluding hydrogens is 134 g/mol. The molecule has 1 fully saturated rings. The summed E-state index contributed by atoms with van der Waals surface area (Å²) >= 11 is 1.94. The van der Waals surface area contributed by atoms with Crippen LogP contribution in [-0.4, -0.2) is 29.5 Å². The zero-order valence-electron chi connectivity index (χ0n) is 5.00. The molecule has 2 unspecified atom stereocenters. The van der Waals surface area contributed by atoms with E-state index in [0.717, 1.165) is 11.5 Å². The Hall–Kier alpha value is -0.380. The van der Waals surface area contributed by atoms with Crippen LogP contribution < -0.4 is 11.1 Å². The number of nitrogens with one attached hydrogen (secondary N) is 1. The zero-order chi connectivity index (χ0) is 6.27. The van der Waals surface area contributed by atoms with Crippen LogP contribution in [0.5, 0.6) is 0 Å². The third kappa shape index (κ3) is 0.775. The monoisotopic (exact) mass is 143 g/mol. The molecule has 2 heterocycles. The second-order valence-electron chi connectivity index (χ2n) is 2.37. The summed E-state index contributed by atoms with van der Waals surface area (Å²) < 4.78 is 0. The fourth-order valence-corrected chi connectivity index (χ4v) is 2.46. The summed E-state index contributed by atoms with van der Waals surface area (Å²) in [7, 11) is 0. The molecule has 50 valence electrons. The highest BCUT2D eigenvalue weighted by atomic mass is 32.2. The van der Waals surface area contributed by atoms with E-state index >= 15 is 0 Å². The van der Waals surface area contributed by atoms with Crippen molar-refractivity contribution in [1.82, 2.24) is 5.32 Å². The highest BCUT2D eigenvalue weighted by molar-refractivity contribution is 7.99. The van der Waals surface area contributed by atoms with Crippen molar-refractivity contribution < 1.29 is 0 Å². The summed E-state index contributed by atoms with van der Waals surface area (Å²) in [5.41, 5.74) is 5.45. The van der Waals surface area contributed by atoms with Gasteiger partial charge < -0.3 is 11.1 Å². The molecule has 0 bridgehead atoms. The topological polar surface area (TPSA) is 50.4 Å². The highest BCUT2D eigenvalue weighted by Gasteiger charge is 2.32. The van der Waals surface area contributed by atoms with Gasteiger partial charge in [0.2, 0.25) is 0 Å². The lowest BCUT2D eigenvalue weighted by atomic mass is 10.2. The SMILES string of the molecule is NC1=NC2CSCC2N1. The molecule has 0 saturated carbocycles. The molecule has 0 aromatic carbocycles. The van der Waals surface area contributed by atoms with Crippen molar-refractivity contribution in [3.8, 4) is 0 Å². The van der Waals surface area contributed by atoms with E-state index in [-0.39, 0.29) is 0 Å². The highest BCUT2D eigenvalue weighted by Crippen LogP contribution is 2.23. The number of fused-ring (bicyclic) bond motifs is 1. The van der Waals surface area contributed by atoms with E-state index in [1.54, 1.807) is 0 Å². The number of guanidine groups is 1. The first-order valence-electron chi connectivity index (χ1n) is 3.04. The second-order valence-corrected chi connectivity index (χ2v) is 3.44. The largest absolute Gasteiger partial charge is 0.370 e. The minimum absolute atomic E-state index is 0.468. The minimum Gasteiger partial charge on any atom is -0.370 e. The van der Waals surface area contributed by atoms with Gasteiger partial charge in [-0.2, -0.15) is 11.8 Å². The Bertz CT molecular complexity index is 156. The van der Waals surface area contributed by atoms with E-state index in [1.807, 2.05) is 11.8 Å². The first kappa shape index (κ1) is 5.41. The molecule has 2 rings (SSSR count). The first-order chi connectivity index (χ1) is 4.36. The fraction of sp³-hybridized carbons (Fsp3) is 0.800. The molecule has 0 aromatic rings. The van der Waals surface area contributed by atoms with Crippen molar-refractivity contribution >= 4 is 17.7 Å². The van der Waals surface area contributed by atoms with Gasteiger partial charge in [-0.3, -0.25) is 0 Å². The third-order valence-corrected chi connectivity index (χ3v) is 2.86. The zero-order valence-corrected chi connectivity index (χ0v) is 5.82. The van der Waals surface area contributed by atoms with Crippen LogP contribution in [-0.2, 0) is 0 Å². The maximum atomic E-state index is 5.45. The lowest BCUT2D eigenvalue weighted by Gasteiger charge is -2.04. The summed E-state index contributed by atoms with van der Waals surface area (Å²) in [6.45, 7) is 0. The second kappa shape index (κ2) is 1.80. The van der Waals surface area contributed by atoms with Crippen LogP contribution in [0.3, 0.4) is 0 Å². The van der Waals surface area contributed by atoms with Gasteiger partial charge in [0.1, 0.15) is 0 Å². The molecule has 2 atom stereocenters. The summed E-state index contributed by atoms with van der Waals surface area (Å²) in [6, 6.07) is 1.00. The molecule has 2 aliphatic rings. The summed E-state index contributed by atoms with van der Waals surface area (Å²) in [6.07, 6.45) is 0. The Kier molecular flexibility index (Phi) is 1.08. The normalized spacial score (nSPS) is 39.8. The van der Waals surface area contributed by atoms with E-state index in [4.69, 9.17) is 5.73 Å². The van der Waals surface area contributed by atoms with Crippen LogP contribution in [0, 0.1) is 0 Å². The molecule has 2 aliphatic heterocycles. The molecule has 0 spiro atoms. The lowest BCUT2D eigenvalue weighted by Crippen LogP contribution is -2.37. The van der Waals surface area contributed by atoms with Gasteiger partial charge in [0.15, 0.2) is 5.96 Å². The van der Waals surface area contributed by atoms with Crippen molar-refractivity contribution in [2.45, 2.75) is 12.1 Å². The Balaban J connectivity index is 2.13. The quantitative estimate of drug-likeness (QED) is 0.475. The fourth-order valence-electron chi connectivity index (χ4n) is 1.21. The van der Waals surface area contributed by atoms with Crippen LogP contribution in [0.15, 0.2) is 4.99 Å². The predicted molar refractivity (Wildman–Crippen MR) is 39.7 cm³/mol. The first-order valence-corrected chi connectivity index (χ1v) is 4.19. The summed E-state index contributed by atoms with van der Waals surface area (Å²) in [4.78, 5) is 4.21. The van der Waals surface area contributed by atoms with Gasteiger partial charge in [-0.05, 0) is 0 Å². The average molecular weight is 143 g/mol. The number of thioether (sulfide) groups is 1. The number of hydrogen-bond acceptors (Lipinski definition) is 4. The van der Waals surface area contributed by atoms with Crippen molar-refractivity contribution in [1.29, 1.82) is 0 Å². The standard InChI is InChI=1S/C5H9N3S/c6-5-7-3-1-9-2-4(3)8-5/h3-4H,1-2H2,(H3,6,7,8). The molecule has 3 nitrogen and oxygen atoms in total. The van der Waals surface area contributed by atoms with Gasteiger partial charge in [0.05, 0.1) is 12.1 Å². The number of aliphatic imine (C=N–C) groups is 1. The van der Waals surface area contributed by atoms with Gasteiger partial charge in [0.25, 0.3) is 0 Å². The Morgan fingerprint density at radius 3 is 3.33 bits per heavy atom. The minimum atomic E-state index is 0.468. The van der Waals surface area contributed by atoms with Gasteiger partial charge in [-0.15, -0.1) is 0 Å². The molecule has 0 radical (unpaired) electrons.